The van der Waals surface area contributed by atoms with Crippen molar-refractivity contribution in [3.8, 4) is 0 Å². The number of amides is 3. The molecule has 0 radical (unpaired) electrons. The molecule has 4 rings (SSSR count). The second-order valence-electron chi connectivity index (χ2n) is 10.7. The summed E-state index contributed by atoms with van der Waals surface area (Å²) >= 11 is 0. The van der Waals surface area contributed by atoms with Crippen LogP contribution in [0.3, 0.4) is 0 Å². The van der Waals surface area contributed by atoms with Crippen LogP contribution in [-0.4, -0.2) is 53.0 Å². The fourth-order valence-electron chi connectivity index (χ4n) is 5.33. The van der Waals surface area contributed by atoms with Crippen LogP contribution in [-0.2, 0) is 30.2 Å². The number of urea groups is 1. The summed E-state index contributed by atoms with van der Waals surface area (Å²) in [5.74, 6) is -0.520. The zero-order valence-electron chi connectivity index (χ0n) is 24.0. The summed E-state index contributed by atoms with van der Waals surface area (Å²) < 4.78 is 99.9. The summed E-state index contributed by atoms with van der Waals surface area (Å²) in [4.78, 5) is 30.7. The lowest BCUT2D eigenvalue weighted by Crippen LogP contribution is -2.59. The standard InChI is InChI=1S/C31H30F7N3O3/c1-19-13-25(32)9-10-26(19)27-20(2)40(29(43)44-18-21-7-5-4-6-8-21)11-12-41(27)28(42)39(3)17-22-14-23(30(33,34)35)16-24(15-22)31(36,37)38/h4-10,13-16,20,27H,11-12,17-18H2,1-3H3. The van der Waals surface area contributed by atoms with Crippen molar-refractivity contribution < 1.29 is 45.1 Å². The van der Waals surface area contributed by atoms with Gasteiger partial charge in [0.25, 0.3) is 0 Å². The molecule has 1 fully saturated rings. The lowest BCUT2D eigenvalue weighted by atomic mass is 9.92. The summed E-state index contributed by atoms with van der Waals surface area (Å²) in [6, 6.07) is 11.9. The largest absolute Gasteiger partial charge is 0.445 e. The van der Waals surface area contributed by atoms with Crippen molar-refractivity contribution in [1.82, 2.24) is 14.7 Å². The van der Waals surface area contributed by atoms with Crippen LogP contribution >= 0.6 is 0 Å². The highest BCUT2D eigenvalue weighted by Gasteiger charge is 2.42. The molecule has 0 N–H and O–H groups in total. The first kappa shape index (κ1) is 32.6. The van der Waals surface area contributed by atoms with Gasteiger partial charge in [-0.15, -0.1) is 0 Å². The Bertz CT molecular complexity index is 1460. The number of carbonyl (C=O) groups is 2. The van der Waals surface area contributed by atoms with E-state index < -0.39 is 60.0 Å². The van der Waals surface area contributed by atoms with Crippen molar-refractivity contribution in [2.75, 3.05) is 20.1 Å². The Morgan fingerprint density at radius 3 is 2.02 bits per heavy atom. The molecule has 3 aromatic carbocycles. The van der Waals surface area contributed by atoms with Crippen LogP contribution in [0, 0.1) is 12.7 Å². The smallest absolute Gasteiger partial charge is 0.416 e. The number of ether oxygens (including phenoxy) is 1. The molecule has 0 aromatic heterocycles. The monoisotopic (exact) mass is 625 g/mol. The van der Waals surface area contributed by atoms with Gasteiger partial charge >= 0.3 is 24.5 Å². The molecule has 0 bridgehead atoms. The maximum Gasteiger partial charge on any atom is 0.416 e. The van der Waals surface area contributed by atoms with Crippen LogP contribution in [0.4, 0.5) is 40.3 Å². The summed E-state index contributed by atoms with van der Waals surface area (Å²) in [5.41, 5.74) is -1.58. The van der Waals surface area contributed by atoms with Gasteiger partial charge in [0.15, 0.2) is 0 Å². The predicted molar refractivity (Wildman–Crippen MR) is 147 cm³/mol. The van der Waals surface area contributed by atoms with Crippen LogP contribution in [0.15, 0.2) is 66.7 Å². The van der Waals surface area contributed by atoms with Gasteiger partial charge in [-0.2, -0.15) is 26.3 Å². The molecule has 3 amide bonds. The Morgan fingerprint density at radius 2 is 1.45 bits per heavy atom. The summed E-state index contributed by atoms with van der Waals surface area (Å²) in [7, 11) is 1.26. The number of hydrogen-bond donors (Lipinski definition) is 0. The zero-order chi connectivity index (χ0) is 32.4. The fourth-order valence-corrected chi connectivity index (χ4v) is 5.33. The lowest BCUT2D eigenvalue weighted by molar-refractivity contribution is -0.143. The molecule has 1 aliphatic rings. The van der Waals surface area contributed by atoms with Gasteiger partial charge in [0.1, 0.15) is 12.4 Å². The molecule has 1 heterocycles. The van der Waals surface area contributed by atoms with Crippen LogP contribution in [0.1, 0.15) is 46.3 Å². The van der Waals surface area contributed by atoms with Crippen LogP contribution in [0.25, 0.3) is 0 Å². The van der Waals surface area contributed by atoms with E-state index >= 15 is 0 Å². The van der Waals surface area contributed by atoms with E-state index in [1.807, 2.05) is 6.07 Å². The molecule has 2 unspecified atom stereocenters. The summed E-state index contributed by atoms with van der Waals surface area (Å²) in [6.45, 7) is 2.75. The quantitative estimate of drug-likeness (QED) is 0.272. The van der Waals surface area contributed by atoms with Gasteiger partial charge in [0.05, 0.1) is 23.2 Å². The van der Waals surface area contributed by atoms with E-state index in [-0.39, 0.29) is 31.3 Å². The summed E-state index contributed by atoms with van der Waals surface area (Å²) in [6.07, 6.45) is -10.7. The minimum atomic E-state index is -5.04. The van der Waals surface area contributed by atoms with Crippen LogP contribution in [0.5, 0.6) is 0 Å². The van der Waals surface area contributed by atoms with E-state index in [0.717, 1.165) is 10.5 Å². The first-order valence-electron chi connectivity index (χ1n) is 13.6. The summed E-state index contributed by atoms with van der Waals surface area (Å²) in [5, 5.41) is 0. The molecule has 236 valence electrons. The van der Waals surface area contributed by atoms with Crippen molar-refractivity contribution in [1.29, 1.82) is 0 Å². The minimum Gasteiger partial charge on any atom is -0.445 e. The molecule has 0 spiro atoms. The van der Waals surface area contributed by atoms with Gasteiger partial charge in [-0.25, -0.2) is 14.0 Å². The van der Waals surface area contributed by atoms with E-state index in [1.165, 1.54) is 35.0 Å². The van der Waals surface area contributed by atoms with E-state index in [1.54, 1.807) is 38.1 Å². The molecular weight excluding hydrogens is 595 g/mol. The van der Waals surface area contributed by atoms with E-state index in [2.05, 4.69) is 0 Å². The number of benzene rings is 3. The number of halogens is 7. The normalized spacial score (nSPS) is 17.4. The predicted octanol–water partition coefficient (Wildman–Crippen LogP) is 7.81. The first-order valence-corrected chi connectivity index (χ1v) is 13.6. The topological polar surface area (TPSA) is 53.1 Å². The molecule has 6 nitrogen and oxygen atoms in total. The molecule has 0 aliphatic carbocycles. The van der Waals surface area contributed by atoms with Gasteiger partial charge in [0.2, 0.25) is 0 Å². The third kappa shape index (κ3) is 7.43. The van der Waals surface area contributed by atoms with E-state index in [4.69, 9.17) is 4.74 Å². The SMILES string of the molecule is Cc1cc(F)ccc1C1C(C)N(C(=O)OCc2ccccc2)CCN1C(=O)N(C)Cc1cc(C(F)(F)F)cc(C(F)(F)F)c1. The van der Waals surface area contributed by atoms with Crippen LogP contribution < -0.4 is 0 Å². The second kappa shape index (κ2) is 12.7. The van der Waals surface area contributed by atoms with Crippen molar-refractivity contribution in [2.24, 2.45) is 0 Å². The Hall–Kier alpha value is -4.29. The molecule has 13 heteroatoms. The van der Waals surface area contributed by atoms with Crippen LogP contribution in [0.2, 0.25) is 0 Å². The molecule has 1 aliphatic heterocycles. The van der Waals surface area contributed by atoms with Gasteiger partial charge in [-0.3, -0.25) is 0 Å². The van der Waals surface area contributed by atoms with Gasteiger partial charge in [0, 0.05) is 26.7 Å². The fraction of sp³-hybridized carbons (Fsp3) is 0.355. The maximum absolute atomic E-state index is 14.0. The average Bonchev–Trinajstić information content (AvgIpc) is 2.95. The number of rotatable bonds is 5. The zero-order valence-corrected chi connectivity index (χ0v) is 24.0. The van der Waals surface area contributed by atoms with Gasteiger partial charge in [-0.1, -0.05) is 36.4 Å². The molecule has 44 heavy (non-hydrogen) atoms. The Labute approximate surface area is 249 Å². The molecule has 3 aromatic rings. The number of aryl methyl sites for hydroxylation is 1. The van der Waals surface area contributed by atoms with Crippen molar-refractivity contribution >= 4 is 12.1 Å². The van der Waals surface area contributed by atoms with Crippen molar-refractivity contribution in [2.45, 2.75) is 51.4 Å². The number of alkyl halides is 6. The minimum absolute atomic E-state index is 0.00538. The number of nitrogens with zero attached hydrogens (tertiary/aromatic N) is 3. The van der Waals surface area contributed by atoms with Gasteiger partial charge < -0.3 is 19.4 Å². The van der Waals surface area contributed by atoms with Crippen molar-refractivity contribution in [3.05, 3.63) is 106 Å². The Balaban J connectivity index is 1.61. The maximum atomic E-state index is 14.0. The van der Waals surface area contributed by atoms with E-state index in [0.29, 0.717) is 23.3 Å². The molecule has 2 atom stereocenters. The van der Waals surface area contributed by atoms with Gasteiger partial charge in [-0.05, 0) is 66.4 Å². The third-order valence-corrected chi connectivity index (χ3v) is 7.50. The third-order valence-electron chi connectivity index (χ3n) is 7.50. The number of carbonyl (C=O) groups excluding carboxylic acids is 2. The molecule has 1 saturated heterocycles. The molecule has 0 saturated carbocycles. The molecular formula is C31H30F7N3O3. The first-order chi connectivity index (χ1) is 20.6. The average molecular weight is 626 g/mol. The Morgan fingerprint density at radius 1 is 0.864 bits per heavy atom. The van der Waals surface area contributed by atoms with E-state index in [9.17, 15) is 40.3 Å². The number of hydrogen-bond acceptors (Lipinski definition) is 3. The van der Waals surface area contributed by atoms with Crippen molar-refractivity contribution in [3.63, 3.8) is 0 Å². The Kier molecular flexibility index (Phi) is 9.45. The highest BCUT2D eigenvalue weighted by molar-refractivity contribution is 5.76. The highest BCUT2D eigenvalue weighted by atomic mass is 19.4. The highest BCUT2D eigenvalue weighted by Crippen LogP contribution is 2.38. The lowest BCUT2D eigenvalue weighted by Gasteiger charge is -2.47. The number of piperazine rings is 1. The second-order valence-corrected chi connectivity index (χ2v) is 10.7.